The third kappa shape index (κ3) is 8.63. The zero-order valence-corrected chi connectivity index (χ0v) is 41.3. The minimum Gasteiger partial charge on any atom is -0.425 e. The number of ether oxygens (including phenoxy) is 2. The Bertz CT molecular complexity index is 2590. The van der Waals surface area contributed by atoms with Crippen molar-refractivity contribution >= 4 is 20.5 Å². The second-order valence-electron chi connectivity index (χ2n) is 21.9. The van der Waals surface area contributed by atoms with E-state index >= 15 is 0 Å². The molecule has 0 bridgehead atoms. The van der Waals surface area contributed by atoms with Crippen LogP contribution in [0.3, 0.4) is 0 Å². The third-order valence-corrected chi connectivity index (χ3v) is 13.6. The van der Waals surface area contributed by atoms with Gasteiger partial charge in [-0.15, -0.1) is 0 Å². The van der Waals surface area contributed by atoms with Crippen molar-refractivity contribution in [1.82, 2.24) is 0 Å². The fourth-order valence-electron chi connectivity index (χ4n) is 8.70. The number of carbonyl (C=O) groups excluding carboxylic acids is 2. The number of para-hydroxylation sites is 1. The number of esters is 2. The Kier molecular flexibility index (Phi) is 11.5. The first-order valence-corrected chi connectivity index (χ1v) is 23.1. The second kappa shape index (κ2) is 15.8. The van der Waals surface area contributed by atoms with Crippen molar-refractivity contribution in [2.24, 2.45) is 0 Å². The molecule has 0 spiro atoms. The highest BCUT2D eigenvalue weighted by Crippen LogP contribution is 2.53. The summed E-state index contributed by atoms with van der Waals surface area (Å²) in [4.78, 5) is 28.0. The van der Waals surface area contributed by atoms with Crippen LogP contribution in [-0.4, -0.2) is 11.9 Å². The Hall–Kier alpha value is -5.13. The maximum Gasteiger partial charge on any atom is 0.530 e. The average molecular weight is 869 g/mol. The first kappa shape index (κ1) is 45.9. The Morgan fingerprint density at radius 2 is 1.03 bits per heavy atom. The van der Waals surface area contributed by atoms with E-state index in [-0.39, 0.29) is 33.6 Å². The first-order valence-electron chi connectivity index (χ1n) is 22.0. The first-order chi connectivity index (χ1) is 29.1. The normalized spacial score (nSPS) is 18.1. The van der Waals surface area contributed by atoms with E-state index in [9.17, 15) is 9.59 Å². The van der Waals surface area contributed by atoms with Gasteiger partial charge in [0.2, 0.25) is 0 Å². The summed E-state index contributed by atoms with van der Waals surface area (Å²) in [6.45, 7) is 36.0. The van der Waals surface area contributed by atoms with E-state index in [1.165, 1.54) is 0 Å². The minimum absolute atomic E-state index is 0.125. The molecule has 0 saturated heterocycles. The largest absolute Gasteiger partial charge is 0.530 e. The van der Waals surface area contributed by atoms with E-state index < -0.39 is 19.9 Å². The van der Waals surface area contributed by atoms with Gasteiger partial charge in [0.15, 0.2) is 0 Å². The molecule has 2 heterocycles. The summed E-state index contributed by atoms with van der Waals surface area (Å²) in [5, 5.41) is 0. The molecule has 0 amide bonds. The van der Waals surface area contributed by atoms with E-state index in [0.29, 0.717) is 28.7 Å². The van der Waals surface area contributed by atoms with Gasteiger partial charge < -0.3 is 23.0 Å². The highest BCUT2D eigenvalue weighted by Gasteiger charge is 2.50. The van der Waals surface area contributed by atoms with Crippen LogP contribution in [0.1, 0.15) is 163 Å². The summed E-state index contributed by atoms with van der Waals surface area (Å²) in [5.41, 5.74) is 9.35. The van der Waals surface area contributed by atoms with Gasteiger partial charge in [0.05, 0.1) is 0 Å². The smallest absolute Gasteiger partial charge is 0.425 e. The summed E-state index contributed by atoms with van der Waals surface area (Å²) >= 11 is 0. The van der Waals surface area contributed by atoms with Crippen LogP contribution in [0, 0.1) is 27.7 Å². The van der Waals surface area contributed by atoms with Gasteiger partial charge >= 0.3 is 20.5 Å². The predicted octanol–water partition coefficient (Wildman–Crippen LogP) is 14.1. The van der Waals surface area contributed by atoms with Crippen LogP contribution in [0.25, 0.3) is 0 Å². The summed E-state index contributed by atoms with van der Waals surface area (Å²) in [6.07, 6.45) is 0. The van der Waals surface area contributed by atoms with Crippen molar-refractivity contribution in [2.75, 3.05) is 0 Å². The van der Waals surface area contributed by atoms with E-state index in [1.807, 2.05) is 89.2 Å². The fraction of sp³-hybridized carbons (Fsp3) is 0.418. The van der Waals surface area contributed by atoms with Crippen molar-refractivity contribution in [3.05, 3.63) is 146 Å². The Morgan fingerprint density at radius 3 is 1.52 bits per heavy atom. The van der Waals surface area contributed by atoms with Gasteiger partial charge in [0.1, 0.15) is 40.1 Å². The van der Waals surface area contributed by atoms with Crippen LogP contribution < -0.4 is 23.0 Å². The molecule has 0 radical (unpaired) electrons. The van der Waals surface area contributed by atoms with Crippen molar-refractivity contribution in [1.29, 1.82) is 0 Å². The van der Waals surface area contributed by atoms with Crippen LogP contribution >= 0.6 is 8.60 Å². The number of aryl methyl sites for hydroxylation is 4. The maximum atomic E-state index is 14.1. The van der Waals surface area contributed by atoms with E-state index in [4.69, 9.17) is 23.0 Å². The van der Waals surface area contributed by atoms with Gasteiger partial charge in [0, 0.05) is 22.3 Å². The Labute approximate surface area is 376 Å². The highest BCUT2D eigenvalue weighted by atomic mass is 31.2. The fourth-order valence-corrected chi connectivity index (χ4v) is 9.98. The monoisotopic (exact) mass is 868 g/mol. The Balaban J connectivity index is 1.25. The standard InChI is InChI=1S/C55H65O7P/c1-31-23-35(44-40-27-36(51(5,6)7)28-41(53(11,12)13)47(40)58-49(44)56)24-32(2)45(31)61-63(60-39-21-19-18-20-22-39)62-46-33(3)25-38(26-34(46)4)55(17)43-30-37(52(8,9)10)29-42(54(14,15)16)48(43)59-50(55)57/h18-30,44H,1-17H3. The number of hydrogen-bond donors (Lipinski definition) is 0. The van der Waals surface area contributed by atoms with Crippen molar-refractivity contribution < 1.29 is 32.6 Å². The van der Waals surface area contributed by atoms with Gasteiger partial charge in [-0.2, -0.15) is 0 Å². The summed E-state index contributed by atoms with van der Waals surface area (Å²) < 4.78 is 32.4. The zero-order valence-electron chi connectivity index (χ0n) is 40.4. The topological polar surface area (TPSA) is 80.3 Å². The number of benzene rings is 5. The van der Waals surface area contributed by atoms with Crippen LogP contribution in [-0.2, 0) is 36.7 Å². The van der Waals surface area contributed by atoms with E-state index in [1.54, 1.807) is 0 Å². The lowest BCUT2D eigenvalue weighted by atomic mass is 9.72. The summed E-state index contributed by atoms with van der Waals surface area (Å²) in [6, 6.07) is 26.3. The lowest BCUT2D eigenvalue weighted by Crippen LogP contribution is -2.32. The third-order valence-electron chi connectivity index (χ3n) is 12.6. The van der Waals surface area contributed by atoms with Crippen molar-refractivity contribution in [3.8, 4) is 28.7 Å². The molecule has 7 rings (SSSR count). The molecule has 0 aromatic heterocycles. The molecule has 5 aromatic rings. The number of rotatable bonds is 8. The van der Waals surface area contributed by atoms with Crippen molar-refractivity contribution in [3.63, 3.8) is 0 Å². The lowest BCUT2D eigenvalue weighted by Gasteiger charge is -2.29. The average Bonchev–Trinajstić information content (AvgIpc) is 3.64. The molecule has 2 aliphatic heterocycles. The molecule has 63 heavy (non-hydrogen) atoms. The van der Waals surface area contributed by atoms with Crippen LogP contribution in [0.15, 0.2) is 78.9 Å². The summed E-state index contributed by atoms with van der Waals surface area (Å²) in [5.74, 6) is 1.97. The molecule has 2 aliphatic rings. The molecule has 0 aliphatic carbocycles. The molecule has 0 N–H and O–H groups in total. The second-order valence-corrected chi connectivity index (χ2v) is 22.9. The lowest BCUT2D eigenvalue weighted by molar-refractivity contribution is -0.136. The number of hydrogen-bond acceptors (Lipinski definition) is 7. The van der Waals surface area contributed by atoms with E-state index in [2.05, 4.69) is 107 Å². The van der Waals surface area contributed by atoms with E-state index in [0.717, 1.165) is 66.8 Å². The van der Waals surface area contributed by atoms with Crippen LogP contribution in [0.2, 0.25) is 0 Å². The quantitative estimate of drug-likeness (QED) is 0.0873. The summed E-state index contributed by atoms with van der Waals surface area (Å²) in [7, 11) is -2.06. The molecule has 0 fully saturated rings. The molecule has 0 saturated carbocycles. The molecule has 5 aromatic carbocycles. The molecule has 3 atom stereocenters. The molecule has 8 heteroatoms. The molecular weight excluding hydrogens is 804 g/mol. The number of fused-ring (bicyclic) bond motifs is 2. The van der Waals surface area contributed by atoms with Gasteiger partial charge in [-0.05, 0) is 113 Å². The molecule has 3 unspecified atom stereocenters. The van der Waals surface area contributed by atoms with Crippen LogP contribution in [0.4, 0.5) is 0 Å². The van der Waals surface area contributed by atoms with Gasteiger partial charge in [-0.3, -0.25) is 9.59 Å². The molecular formula is C55H65O7P. The van der Waals surface area contributed by atoms with Gasteiger partial charge in [0.25, 0.3) is 0 Å². The van der Waals surface area contributed by atoms with Gasteiger partial charge in [-0.25, -0.2) is 0 Å². The predicted molar refractivity (Wildman–Crippen MR) is 254 cm³/mol. The van der Waals surface area contributed by atoms with Gasteiger partial charge in [-0.1, -0.05) is 150 Å². The number of carbonyl (C=O) groups is 2. The SMILES string of the molecule is Cc1cc(C2C(=O)Oc3c2cc(C(C)(C)C)cc3C(C)(C)C)cc(C)c1OP(Oc1ccccc1)Oc1c(C)cc(C2(C)C(=O)Oc3c(C(C)(C)C)cc(C(C)(C)C)cc32)cc1C. The molecule has 7 nitrogen and oxygen atoms in total. The molecule has 332 valence electrons. The van der Waals surface area contributed by atoms with Crippen molar-refractivity contribution in [2.45, 2.75) is 151 Å². The Morgan fingerprint density at radius 1 is 0.556 bits per heavy atom. The van der Waals surface area contributed by atoms with Crippen LogP contribution in [0.5, 0.6) is 28.7 Å². The minimum atomic E-state index is -2.06. The highest BCUT2D eigenvalue weighted by molar-refractivity contribution is 7.43. The maximum absolute atomic E-state index is 14.1. The zero-order chi connectivity index (χ0) is 46.4.